The summed E-state index contributed by atoms with van der Waals surface area (Å²) in [4.78, 5) is 11.8. The van der Waals surface area contributed by atoms with E-state index in [1.54, 1.807) is 23.1 Å². The van der Waals surface area contributed by atoms with Crippen LogP contribution < -0.4 is 5.73 Å². The number of nitrogen functional groups attached to an aromatic ring is 1. The van der Waals surface area contributed by atoms with Gasteiger partial charge in [0.05, 0.1) is 17.5 Å². The summed E-state index contributed by atoms with van der Waals surface area (Å²) in [6.45, 7) is 0. The van der Waals surface area contributed by atoms with Gasteiger partial charge in [0.25, 0.3) is 0 Å². The zero-order valence-electron chi connectivity index (χ0n) is 12.6. The molecule has 122 valence electrons. The van der Waals surface area contributed by atoms with E-state index in [0.29, 0.717) is 22.6 Å². The minimum Gasteiger partial charge on any atom is -0.463 e. The molecule has 0 fully saturated rings. The zero-order chi connectivity index (χ0) is 17.0. The Morgan fingerprint density at radius 1 is 1.20 bits per heavy atom. The van der Waals surface area contributed by atoms with Gasteiger partial charge >= 0.3 is 0 Å². The predicted octanol–water partition coefficient (Wildman–Crippen LogP) is 3.30. The summed E-state index contributed by atoms with van der Waals surface area (Å²) in [5.41, 5.74) is 9.27. The van der Waals surface area contributed by atoms with Crippen molar-refractivity contribution in [3.05, 3.63) is 47.3 Å². The Balaban J connectivity index is 1.79. The van der Waals surface area contributed by atoms with Crippen LogP contribution in [0.5, 0.6) is 0 Å². The molecule has 5 aromatic rings. The van der Waals surface area contributed by atoms with Crippen LogP contribution in [0, 0.1) is 0 Å². The van der Waals surface area contributed by atoms with Crippen LogP contribution >= 0.6 is 15.9 Å². The summed E-state index contributed by atoms with van der Waals surface area (Å²) in [6, 6.07) is 9.50. The zero-order valence-corrected chi connectivity index (χ0v) is 14.2. The third-order valence-electron chi connectivity index (χ3n) is 3.91. The third-order valence-corrected chi connectivity index (χ3v) is 4.54. The van der Waals surface area contributed by atoms with Gasteiger partial charge < -0.3 is 15.1 Å². The van der Waals surface area contributed by atoms with Gasteiger partial charge in [-0.15, -0.1) is 5.10 Å². The van der Waals surface area contributed by atoms with E-state index in [-0.39, 0.29) is 5.95 Å². The van der Waals surface area contributed by atoms with Gasteiger partial charge in [0.15, 0.2) is 16.9 Å². The monoisotopic (exact) mass is 395 g/mol. The number of aromatic amines is 1. The quantitative estimate of drug-likeness (QED) is 0.474. The second kappa shape index (κ2) is 5.15. The minimum atomic E-state index is 0.129. The van der Waals surface area contributed by atoms with Crippen molar-refractivity contribution in [1.82, 2.24) is 29.9 Å². The largest absolute Gasteiger partial charge is 0.463 e. The van der Waals surface area contributed by atoms with Gasteiger partial charge in [0.1, 0.15) is 5.69 Å². The van der Waals surface area contributed by atoms with E-state index in [1.807, 2.05) is 24.4 Å². The molecular formula is C16H10BrN7O. The summed E-state index contributed by atoms with van der Waals surface area (Å²) in [6.07, 6.45) is 3.45. The van der Waals surface area contributed by atoms with Gasteiger partial charge in [-0.25, -0.2) is 4.98 Å². The van der Waals surface area contributed by atoms with Crippen LogP contribution in [-0.4, -0.2) is 29.9 Å². The lowest BCUT2D eigenvalue weighted by Crippen LogP contribution is -2.02. The maximum Gasteiger partial charge on any atom is 0.222 e. The highest BCUT2D eigenvalue weighted by molar-refractivity contribution is 9.10. The van der Waals surface area contributed by atoms with Gasteiger partial charge in [-0.2, -0.15) is 9.67 Å². The van der Waals surface area contributed by atoms with Crippen molar-refractivity contribution in [2.24, 2.45) is 0 Å². The van der Waals surface area contributed by atoms with Crippen LogP contribution in [0.4, 0.5) is 5.95 Å². The SMILES string of the molecule is Nc1nc(-c2ccco2)c2nnn(-c3cc(Br)c4[nH]ccc4c3)c2n1. The van der Waals surface area contributed by atoms with E-state index in [4.69, 9.17) is 10.2 Å². The fourth-order valence-electron chi connectivity index (χ4n) is 2.82. The minimum absolute atomic E-state index is 0.129. The Kier molecular flexibility index (Phi) is 2.92. The maximum absolute atomic E-state index is 5.89. The smallest absolute Gasteiger partial charge is 0.222 e. The molecule has 0 spiro atoms. The Bertz CT molecular complexity index is 1220. The molecule has 0 saturated carbocycles. The highest BCUT2D eigenvalue weighted by atomic mass is 79.9. The molecular weight excluding hydrogens is 386 g/mol. The molecule has 0 saturated heterocycles. The first-order valence-electron chi connectivity index (χ1n) is 7.40. The summed E-state index contributed by atoms with van der Waals surface area (Å²) in [7, 11) is 0. The number of fused-ring (bicyclic) bond motifs is 2. The molecule has 1 aromatic carbocycles. The van der Waals surface area contributed by atoms with Crippen LogP contribution in [0.25, 0.3) is 39.2 Å². The molecule has 0 amide bonds. The van der Waals surface area contributed by atoms with Crippen molar-refractivity contribution in [3.63, 3.8) is 0 Å². The first kappa shape index (κ1) is 14.2. The third kappa shape index (κ3) is 2.13. The molecule has 25 heavy (non-hydrogen) atoms. The number of anilines is 1. The number of furan rings is 1. The maximum atomic E-state index is 5.89. The van der Waals surface area contributed by atoms with Crippen molar-refractivity contribution >= 4 is 43.9 Å². The lowest BCUT2D eigenvalue weighted by molar-refractivity contribution is 0.580. The Hall–Kier alpha value is -3.20. The highest BCUT2D eigenvalue weighted by Crippen LogP contribution is 2.30. The number of nitrogens with zero attached hydrogens (tertiary/aromatic N) is 5. The summed E-state index contributed by atoms with van der Waals surface area (Å²) in [5.74, 6) is 0.692. The van der Waals surface area contributed by atoms with Gasteiger partial charge in [-0.3, -0.25) is 0 Å². The Morgan fingerprint density at radius 2 is 2.12 bits per heavy atom. The molecule has 3 N–H and O–H groups in total. The molecule has 8 nitrogen and oxygen atoms in total. The second-order valence-corrected chi connectivity index (χ2v) is 6.31. The highest BCUT2D eigenvalue weighted by Gasteiger charge is 2.18. The summed E-state index contributed by atoms with van der Waals surface area (Å²) >= 11 is 3.57. The number of rotatable bonds is 2. The van der Waals surface area contributed by atoms with E-state index in [1.165, 1.54) is 0 Å². The Morgan fingerprint density at radius 3 is 2.96 bits per heavy atom. The fourth-order valence-corrected chi connectivity index (χ4v) is 3.40. The number of hydrogen-bond acceptors (Lipinski definition) is 6. The average molecular weight is 396 g/mol. The molecule has 0 unspecified atom stereocenters. The van der Waals surface area contributed by atoms with Crippen molar-refractivity contribution in [3.8, 4) is 17.1 Å². The molecule has 0 bridgehead atoms. The molecule has 5 rings (SSSR count). The second-order valence-electron chi connectivity index (χ2n) is 5.45. The van der Waals surface area contributed by atoms with E-state index in [0.717, 1.165) is 21.1 Å². The van der Waals surface area contributed by atoms with Crippen molar-refractivity contribution in [1.29, 1.82) is 0 Å². The molecule has 0 aliphatic rings. The van der Waals surface area contributed by atoms with Crippen LogP contribution in [0.3, 0.4) is 0 Å². The number of benzene rings is 1. The number of nitrogens with two attached hydrogens (primary N) is 1. The first-order valence-corrected chi connectivity index (χ1v) is 8.20. The van der Waals surface area contributed by atoms with Crippen LogP contribution in [0.2, 0.25) is 0 Å². The lowest BCUT2D eigenvalue weighted by atomic mass is 10.2. The normalized spacial score (nSPS) is 11.6. The molecule has 0 aliphatic carbocycles. The van der Waals surface area contributed by atoms with Crippen LogP contribution in [-0.2, 0) is 0 Å². The van der Waals surface area contributed by atoms with E-state index < -0.39 is 0 Å². The van der Waals surface area contributed by atoms with Crippen LogP contribution in [0.15, 0.2) is 51.7 Å². The lowest BCUT2D eigenvalue weighted by Gasteiger charge is -2.05. The molecule has 4 heterocycles. The van der Waals surface area contributed by atoms with Gasteiger partial charge in [0, 0.05) is 16.1 Å². The van der Waals surface area contributed by atoms with Crippen molar-refractivity contribution < 1.29 is 4.42 Å². The first-order chi connectivity index (χ1) is 12.2. The summed E-state index contributed by atoms with van der Waals surface area (Å²) < 4.78 is 7.98. The number of nitrogens with one attached hydrogen (secondary N) is 1. The Labute approximate surface area is 148 Å². The van der Waals surface area contributed by atoms with Gasteiger partial charge in [0.2, 0.25) is 5.95 Å². The summed E-state index contributed by atoms with van der Waals surface area (Å²) in [5, 5.41) is 9.53. The standard InChI is InChI=1S/C16H10BrN7O/c17-10-7-9(6-8-3-4-19-12(8)10)24-15-14(22-23-24)13(20-16(18)21-15)11-2-1-5-25-11/h1-7,19H,(H2,18,20,21). The van der Waals surface area contributed by atoms with Crippen LogP contribution in [0.1, 0.15) is 0 Å². The molecule has 9 heteroatoms. The molecule has 0 aliphatic heterocycles. The van der Waals surface area contributed by atoms with Gasteiger partial charge in [-0.1, -0.05) is 5.21 Å². The van der Waals surface area contributed by atoms with E-state index in [9.17, 15) is 0 Å². The average Bonchev–Trinajstić information content (AvgIpc) is 3.34. The number of H-pyrrole nitrogens is 1. The number of aromatic nitrogens is 6. The van der Waals surface area contributed by atoms with E-state index >= 15 is 0 Å². The molecule has 0 atom stereocenters. The molecule has 4 aromatic heterocycles. The van der Waals surface area contributed by atoms with Gasteiger partial charge in [-0.05, 0) is 46.3 Å². The van der Waals surface area contributed by atoms with Crippen molar-refractivity contribution in [2.45, 2.75) is 0 Å². The number of hydrogen-bond donors (Lipinski definition) is 2. The van der Waals surface area contributed by atoms with Crippen molar-refractivity contribution in [2.75, 3.05) is 5.73 Å². The topological polar surface area (TPSA) is 111 Å². The predicted molar refractivity (Wildman–Crippen MR) is 96.1 cm³/mol. The molecule has 0 radical (unpaired) electrons. The number of halogens is 1. The fraction of sp³-hybridized carbons (Fsp3) is 0. The van der Waals surface area contributed by atoms with E-state index in [2.05, 4.69) is 41.2 Å².